The molecule has 5 heteroatoms. The second-order valence-electron chi connectivity index (χ2n) is 4.65. The largest absolute Gasteiger partial charge is 0.376 e. The van der Waals surface area contributed by atoms with Gasteiger partial charge in [-0.3, -0.25) is 10.1 Å². The van der Waals surface area contributed by atoms with Gasteiger partial charge >= 0.3 is 0 Å². The minimum atomic E-state index is -0.396. The minimum absolute atomic E-state index is 0.0528. The lowest BCUT2D eigenvalue weighted by molar-refractivity contribution is -0.384. The average Bonchev–Trinajstić information content (AvgIpc) is 2.67. The summed E-state index contributed by atoms with van der Waals surface area (Å²) in [4.78, 5) is 10.5. The van der Waals surface area contributed by atoms with Crippen molar-refractivity contribution in [1.29, 1.82) is 0 Å². The number of anilines is 1. The Kier molecular flexibility index (Phi) is 3.52. The van der Waals surface area contributed by atoms with Crippen LogP contribution in [0.2, 0.25) is 5.02 Å². The quantitative estimate of drug-likeness (QED) is 0.658. The summed E-state index contributed by atoms with van der Waals surface area (Å²) in [5.41, 5.74) is 0.510. The van der Waals surface area contributed by atoms with Crippen LogP contribution in [-0.2, 0) is 0 Å². The highest BCUT2D eigenvalue weighted by Crippen LogP contribution is 2.35. The van der Waals surface area contributed by atoms with E-state index >= 15 is 0 Å². The highest BCUT2D eigenvalue weighted by molar-refractivity contribution is 6.33. The zero-order valence-corrected chi connectivity index (χ0v) is 10.4. The Morgan fingerprint density at radius 2 is 2.24 bits per heavy atom. The number of hydrogen-bond acceptors (Lipinski definition) is 3. The molecule has 1 aliphatic rings. The van der Waals surface area contributed by atoms with Gasteiger partial charge in [0.1, 0.15) is 5.69 Å². The van der Waals surface area contributed by atoms with Gasteiger partial charge in [0, 0.05) is 12.1 Å². The molecule has 1 N–H and O–H groups in total. The number of nitrogens with one attached hydrogen (secondary N) is 1. The molecule has 17 heavy (non-hydrogen) atoms. The minimum Gasteiger partial charge on any atom is -0.376 e. The van der Waals surface area contributed by atoms with Crippen molar-refractivity contribution < 1.29 is 4.92 Å². The van der Waals surface area contributed by atoms with Crippen molar-refractivity contribution in [3.05, 3.63) is 33.3 Å². The van der Waals surface area contributed by atoms with Gasteiger partial charge in [0.05, 0.1) is 9.95 Å². The number of nitrogens with zero attached hydrogens (tertiary/aromatic N) is 1. The first-order valence-corrected chi connectivity index (χ1v) is 6.15. The van der Waals surface area contributed by atoms with Crippen LogP contribution >= 0.6 is 11.6 Å². The smallest absolute Gasteiger partial charge is 0.293 e. The molecule has 2 unspecified atom stereocenters. The second-order valence-corrected chi connectivity index (χ2v) is 5.06. The third-order valence-electron chi connectivity index (χ3n) is 3.23. The Morgan fingerprint density at radius 3 is 2.82 bits per heavy atom. The van der Waals surface area contributed by atoms with Crippen LogP contribution in [0.3, 0.4) is 0 Å². The van der Waals surface area contributed by atoms with E-state index in [4.69, 9.17) is 11.6 Å². The summed E-state index contributed by atoms with van der Waals surface area (Å²) < 4.78 is 0. The van der Waals surface area contributed by atoms with Crippen molar-refractivity contribution in [2.75, 3.05) is 5.32 Å². The molecule has 1 aromatic rings. The summed E-state index contributed by atoms with van der Waals surface area (Å²) in [6, 6.07) is 5.05. The molecule has 0 aliphatic heterocycles. The van der Waals surface area contributed by atoms with E-state index in [2.05, 4.69) is 12.2 Å². The standard InChI is InChI=1S/C12H15ClN2O2/c1-8-5-6-9(7-8)14-12-10(13)3-2-4-11(12)15(16)17/h2-4,8-9,14H,5-7H2,1H3. The highest BCUT2D eigenvalue weighted by Gasteiger charge is 2.25. The lowest BCUT2D eigenvalue weighted by Gasteiger charge is -2.15. The lowest BCUT2D eigenvalue weighted by Crippen LogP contribution is -2.16. The summed E-state index contributed by atoms with van der Waals surface area (Å²) in [6.45, 7) is 2.20. The lowest BCUT2D eigenvalue weighted by atomic mass is 10.1. The summed E-state index contributed by atoms with van der Waals surface area (Å²) in [5.74, 6) is 0.675. The fourth-order valence-corrected chi connectivity index (χ4v) is 2.57. The summed E-state index contributed by atoms with van der Waals surface area (Å²) >= 11 is 6.02. The second kappa shape index (κ2) is 4.92. The molecule has 1 saturated carbocycles. The molecule has 0 aromatic heterocycles. The molecular formula is C12H15ClN2O2. The summed E-state index contributed by atoms with van der Waals surface area (Å²) in [6.07, 6.45) is 3.25. The van der Waals surface area contributed by atoms with E-state index in [1.54, 1.807) is 12.1 Å². The zero-order chi connectivity index (χ0) is 12.4. The maximum absolute atomic E-state index is 10.9. The van der Waals surface area contributed by atoms with Crippen molar-refractivity contribution in [1.82, 2.24) is 0 Å². The van der Waals surface area contributed by atoms with Gasteiger partial charge in [0.25, 0.3) is 5.69 Å². The number of halogens is 1. The Morgan fingerprint density at radius 1 is 1.47 bits per heavy atom. The molecule has 1 aliphatic carbocycles. The van der Waals surface area contributed by atoms with Crippen LogP contribution in [0.1, 0.15) is 26.2 Å². The summed E-state index contributed by atoms with van der Waals surface area (Å²) in [5, 5.41) is 14.6. The third kappa shape index (κ3) is 2.69. The molecule has 4 nitrogen and oxygen atoms in total. The molecule has 0 amide bonds. The zero-order valence-electron chi connectivity index (χ0n) is 9.65. The van der Waals surface area contributed by atoms with E-state index < -0.39 is 4.92 Å². The summed E-state index contributed by atoms with van der Waals surface area (Å²) in [7, 11) is 0. The fourth-order valence-electron chi connectivity index (χ4n) is 2.35. The van der Waals surface area contributed by atoms with E-state index in [0.29, 0.717) is 22.7 Å². The predicted molar refractivity (Wildman–Crippen MR) is 68.5 cm³/mol. The van der Waals surface area contributed by atoms with Crippen LogP contribution in [0.15, 0.2) is 18.2 Å². The van der Waals surface area contributed by atoms with E-state index in [0.717, 1.165) is 19.3 Å². The number of nitro benzene ring substituents is 1. The van der Waals surface area contributed by atoms with E-state index in [-0.39, 0.29) is 5.69 Å². The van der Waals surface area contributed by atoms with Crippen LogP contribution in [0.25, 0.3) is 0 Å². The fraction of sp³-hybridized carbons (Fsp3) is 0.500. The highest BCUT2D eigenvalue weighted by atomic mass is 35.5. The monoisotopic (exact) mass is 254 g/mol. The van der Waals surface area contributed by atoms with Gasteiger partial charge in [-0.1, -0.05) is 24.6 Å². The topological polar surface area (TPSA) is 55.2 Å². The van der Waals surface area contributed by atoms with Gasteiger partial charge < -0.3 is 5.32 Å². The maximum atomic E-state index is 10.9. The molecule has 0 bridgehead atoms. The number of rotatable bonds is 3. The average molecular weight is 255 g/mol. The van der Waals surface area contributed by atoms with Crippen LogP contribution < -0.4 is 5.32 Å². The first-order chi connectivity index (χ1) is 8.08. The van der Waals surface area contributed by atoms with Crippen molar-refractivity contribution in [2.24, 2.45) is 5.92 Å². The normalized spacial score (nSPS) is 23.6. The van der Waals surface area contributed by atoms with Crippen molar-refractivity contribution >= 4 is 23.0 Å². The first-order valence-electron chi connectivity index (χ1n) is 5.77. The van der Waals surface area contributed by atoms with Gasteiger partial charge in [-0.05, 0) is 31.2 Å². The number of nitro groups is 1. The third-order valence-corrected chi connectivity index (χ3v) is 3.55. The van der Waals surface area contributed by atoms with E-state index in [9.17, 15) is 10.1 Å². The molecule has 1 fully saturated rings. The first kappa shape index (κ1) is 12.2. The van der Waals surface area contributed by atoms with E-state index in [1.807, 2.05) is 0 Å². The molecular weight excluding hydrogens is 240 g/mol. The Labute approximate surface area is 105 Å². The van der Waals surface area contributed by atoms with Crippen molar-refractivity contribution in [3.63, 3.8) is 0 Å². The maximum Gasteiger partial charge on any atom is 0.293 e. The van der Waals surface area contributed by atoms with Crippen LogP contribution in [0.4, 0.5) is 11.4 Å². The van der Waals surface area contributed by atoms with Gasteiger partial charge in [-0.25, -0.2) is 0 Å². The van der Waals surface area contributed by atoms with Crippen LogP contribution in [-0.4, -0.2) is 11.0 Å². The Bertz CT molecular complexity index is 437. The Hall–Kier alpha value is -1.29. The van der Waals surface area contributed by atoms with Gasteiger partial charge in [-0.2, -0.15) is 0 Å². The molecule has 0 spiro atoms. The molecule has 0 radical (unpaired) electrons. The van der Waals surface area contributed by atoms with E-state index in [1.165, 1.54) is 6.07 Å². The molecule has 1 aromatic carbocycles. The van der Waals surface area contributed by atoms with Crippen LogP contribution in [0, 0.1) is 16.0 Å². The van der Waals surface area contributed by atoms with Crippen molar-refractivity contribution in [3.8, 4) is 0 Å². The molecule has 92 valence electrons. The SMILES string of the molecule is CC1CCC(Nc2c(Cl)cccc2[N+](=O)[O-])C1. The van der Waals surface area contributed by atoms with Gasteiger partial charge in [0.2, 0.25) is 0 Å². The van der Waals surface area contributed by atoms with Gasteiger partial charge in [0.15, 0.2) is 0 Å². The number of hydrogen-bond donors (Lipinski definition) is 1. The Balaban J connectivity index is 2.22. The molecule has 2 rings (SSSR count). The molecule has 0 heterocycles. The number of benzene rings is 1. The van der Waals surface area contributed by atoms with Crippen molar-refractivity contribution in [2.45, 2.75) is 32.2 Å². The molecule has 0 saturated heterocycles. The van der Waals surface area contributed by atoms with Crippen LogP contribution in [0.5, 0.6) is 0 Å². The number of para-hydroxylation sites is 1. The predicted octanol–water partition coefficient (Wildman–Crippen LogP) is 3.85. The van der Waals surface area contributed by atoms with Gasteiger partial charge in [-0.15, -0.1) is 0 Å². The molecule has 2 atom stereocenters.